The third kappa shape index (κ3) is 11.9. The first-order valence-corrected chi connectivity index (χ1v) is 12.6. The number of carboxylic acid groups (broad SMARTS) is 1. The summed E-state index contributed by atoms with van der Waals surface area (Å²) in [6, 6.07) is 14.6. The van der Waals surface area contributed by atoms with Gasteiger partial charge < -0.3 is 10.8 Å². The van der Waals surface area contributed by atoms with Crippen molar-refractivity contribution in [1.82, 2.24) is 4.90 Å². The first kappa shape index (κ1) is 29.4. The summed E-state index contributed by atoms with van der Waals surface area (Å²) < 4.78 is 0. The fourth-order valence-corrected chi connectivity index (χ4v) is 4.35. The number of hydrogen-bond donors (Lipinski definition) is 2. The fraction of sp³-hybridized carbons (Fsp3) is 0.519. The third-order valence-electron chi connectivity index (χ3n) is 5.76. The summed E-state index contributed by atoms with van der Waals surface area (Å²) in [6.45, 7) is 11.0. The number of hydrogen-bond acceptors (Lipinski definition) is 3. The van der Waals surface area contributed by atoms with E-state index in [1.165, 1.54) is 36.8 Å². The first-order chi connectivity index (χ1) is 15.8. The third-order valence-corrected chi connectivity index (χ3v) is 6.44. The lowest BCUT2D eigenvalue weighted by atomic mass is 9.82. The van der Waals surface area contributed by atoms with Crippen LogP contribution in [0.15, 0.2) is 42.5 Å². The van der Waals surface area contributed by atoms with E-state index in [4.69, 9.17) is 38.8 Å². The molecule has 0 heterocycles. The van der Waals surface area contributed by atoms with Crippen molar-refractivity contribution in [3.63, 3.8) is 0 Å². The summed E-state index contributed by atoms with van der Waals surface area (Å²) in [4.78, 5) is 11.6. The summed E-state index contributed by atoms with van der Waals surface area (Å²) >= 11 is 12.3. The summed E-state index contributed by atoms with van der Waals surface area (Å²) in [5, 5.41) is 9.04. The SMILES string of the molecule is CC.CC(=O)O.Cc1cc(CN(Cc2ccc(Cl)cc2)CC2CCC(CN)CC2)ccc1Cl. The zero-order chi connectivity index (χ0) is 24.8. The van der Waals surface area contributed by atoms with Crippen LogP contribution in [0.3, 0.4) is 0 Å². The van der Waals surface area contributed by atoms with E-state index in [9.17, 15) is 0 Å². The van der Waals surface area contributed by atoms with E-state index >= 15 is 0 Å². The standard InChI is InChI=1S/C23H30Cl2N2.C2H4O2.C2H6/c1-17-12-21(8-11-23(17)25)16-27(15-20-6-9-22(24)10-7-20)14-19-4-2-18(13-26)3-5-19;1-2(3)4;1-2/h6-12,18-19H,2-5,13-16,26H2,1H3;1H3,(H,3,4);1-2H3. The number of aryl methyl sites for hydroxylation is 1. The van der Waals surface area contributed by atoms with Crippen molar-refractivity contribution in [3.8, 4) is 0 Å². The van der Waals surface area contributed by atoms with Crippen molar-refractivity contribution in [2.45, 2.75) is 66.5 Å². The topological polar surface area (TPSA) is 66.6 Å². The van der Waals surface area contributed by atoms with E-state index in [-0.39, 0.29) is 0 Å². The first-order valence-electron chi connectivity index (χ1n) is 11.9. The van der Waals surface area contributed by atoms with Gasteiger partial charge in [0.1, 0.15) is 0 Å². The Morgan fingerprint density at radius 2 is 1.45 bits per heavy atom. The molecule has 0 radical (unpaired) electrons. The second-order valence-electron chi connectivity index (χ2n) is 8.52. The van der Waals surface area contributed by atoms with Crippen molar-refractivity contribution in [2.24, 2.45) is 17.6 Å². The van der Waals surface area contributed by atoms with Gasteiger partial charge in [0.05, 0.1) is 0 Å². The smallest absolute Gasteiger partial charge is 0.300 e. The fourth-order valence-electron chi connectivity index (χ4n) is 4.11. The zero-order valence-corrected chi connectivity index (χ0v) is 22.0. The van der Waals surface area contributed by atoms with Gasteiger partial charge in [-0.2, -0.15) is 0 Å². The number of aliphatic carboxylic acids is 1. The monoisotopic (exact) mass is 494 g/mol. The lowest BCUT2D eigenvalue weighted by Gasteiger charge is -2.32. The van der Waals surface area contributed by atoms with Crippen LogP contribution in [-0.4, -0.2) is 29.1 Å². The molecule has 0 unspecified atom stereocenters. The molecule has 2 aromatic rings. The van der Waals surface area contributed by atoms with Gasteiger partial charge in [-0.1, -0.05) is 61.3 Å². The molecule has 1 saturated carbocycles. The molecular formula is C27H40Cl2N2O2. The predicted octanol–water partition coefficient (Wildman–Crippen LogP) is 7.19. The molecule has 1 aliphatic rings. The van der Waals surface area contributed by atoms with Gasteiger partial charge in [-0.25, -0.2) is 0 Å². The Kier molecular flexibility index (Phi) is 14.4. The maximum atomic E-state index is 9.00. The number of rotatable bonds is 7. The van der Waals surface area contributed by atoms with Crippen LogP contribution in [-0.2, 0) is 17.9 Å². The Morgan fingerprint density at radius 3 is 1.97 bits per heavy atom. The highest BCUT2D eigenvalue weighted by Crippen LogP contribution is 2.29. The van der Waals surface area contributed by atoms with Crippen LogP contribution >= 0.6 is 23.2 Å². The molecule has 3 rings (SSSR count). The van der Waals surface area contributed by atoms with Gasteiger partial charge in [-0.15, -0.1) is 0 Å². The minimum Gasteiger partial charge on any atom is -0.481 e. The minimum atomic E-state index is -0.833. The molecule has 1 aliphatic carbocycles. The summed E-state index contributed by atoms with van der Waals surface area (Å²) in [5.74, 6) is 0.651. The Labute approximate surface area is 210 Å². The molecule has 0 bridgehead atoms. The summed E-state index contributed by atoms with van der Waals surface area (Å²) in [7, 11) is 0. The molecule has 1 fully saturated rings. The van der Waals surface area contributed by atoms with Gasteiger partial charge in [0.15, 0.2) is 0 Å². The van der Waals surface area contributed by atoms with Gasteiger partial charge in [0.25, 0.3) is 5.97 Å². The minimum absolute atomic E-state index is 0.727. The Hall–Kier alpha value is -1.59. The molecule has 0 saturated heterocycles. The molecule has 0 aliphatic heterocycles. The van der Waals surface area contributed by atoms with Crippen LogP contribution in [0.1, 0.15) is 63.1 Å². The van der Waals surface area contributed by atoms with Gasteiger partial charge in [0.2, 0.25) is 0 Å². The van der Waals surface area contributed by atoms with Crippen molar-refractivity contribution in [2.75, 3.05) is 13.1 Å². The molecule has 0 atom stereocenters. The molecule has 33 heavy (non-hydrogen) atoms. The zero-order valence-electron chi connectivity index (χ0n) is 20.5. The van der Waals surface area contributed by atoms with Crippen LogP contribution in [0, 0.1) is 18.8 Å². The molecule has 3 N–H and O–H groups in total. The van der Waals surface area contributed by atoms with Crippen LogP contribution < -0.4 is 5.73 Å². The summed E-state index contributed by atoms with van der Waals surface area (Å²) in [5.41, 5.74) is 9.63. The molecule has 0 aromatic heterocycles. The van der Waals surface area contributed by atoms with Crippen LogP contribution in [0.2, 0.25) is 10.0 Å². The van der Waals surface area contributed by atoms with E-state index in [2.05, 4.69) is 36.1 Å². The van der Waals surface area contributed by atoms with Crippen molar-refractivity contribution < 1.29 is 9.90 Å². The van der Waals surface area contributed by atoms with E-state index < -0.39 is 5.97 Å². The van der Waals surface area contributed by atoms with Crippen molar-refractivity contribution in [1.29, 1.82) is 0 Å². The molecule has 2 aromatic carbocycles. The quantitative estimate of drug-likeness (QED) is 0.427. The number of nitrogens with two attached hydrogens (primary N) is 1. The molecule has 184 valence electrons. The number of carboxylic acids is 1. The molecule has 6 heteroatoms. The Bertz CT molecular complexity index is 815. The van der Waals surface area contributed by atoms with Gasteiger partial charge >= 0.3 is 0 Å². The van der Waals surface area contributed by atoms with Gasteiger partial charge in [-0.05, 0) is 85.9 Å². The largest absolute Gasteiger partial charge is 0.481 e. The molecule has 4 nitrogen and oxygen atoms in total. The predicted molar refractivity (Wildman–Crippen MR) is 141 cm³/mol. The highest BCUT2D eigenvalue weighted by atomic mass is 35.5. The van der Waals surface area contributed by atoms with E-state index in [1.54, 1.807) is 0 Å². The van der Waals surface area contributed by atoms with E-state index in [0.717, 1.165) is 60.5 Å². The van der Waals surface area contributed by atoms with Gasteiger partial charge in [-0.3, -0.25) is 9.69 Å². The Balaban J connectivity index is 0.000000820. The number of halogens is 2. The molecule has 0 amide bonds. The van der Waals surface area contributed by atoms with Crippen molar-refractivity contribution >= 4 is 29.2 Å². The maximum absolute atomic E-state index is 9.00. The second kappa shape index (κ2) is 16.1. The number of nitrogens with zero attached hydrogens (tertiary/aromatic N) is 1. The van der Waals surface area contributed by atoms with Crippen LogP contribution in [0.25, 0.3) is 0 Å². The maximum Gasteiger partial charge on any atom is 0.300 e. The van der Waals surface area contributed by atoms with E-state index in [1.807, 2.05) is 32.0 Å². The summed E-state index contributed by atoms with van der Waals surface area (Å²) in [6.07, 6.45) is 5.13. The average Bonchev–Trinajstić information content (AvgIpc) is 2.79. The van der Waals surface area contributed by atoms with Gasteiger partial charge in [0, 0.05) is 36.6 Å². The average molecular weight is 496 g/mol. The Morgan fingerprint density at radius 1 is 0.970 bits per heavy atom. The van der Waals surface area contributed by atoms with Crippen LogP contribution in [0.4, 0.5) is 0 Å². The normalized spacial score (nSPS) is 17.5. The lowest BCUT2D eigenvalue weighted by Crippen LogP contribution is -2.32. The van der Waals surface area contributed by atoms with Crippen molar-refractivity contribution in [3.05, 3.63) is 69.2 Å². The molecule has 0 spiro atoms. The lowest BCUT2D eigenvalue weighted by molar-refractivity contribution is -0.134. The number of carbonyl (C=O) groups is 1. The van der Waals surface area contributed by atoms with E-state index in [0.29, 0.717) is 0 Å². The molecular weight excluding hydrogens is 455 g/mol. The second-order valence-corrected chi connectivity index (χ2v) is 9.36. The highest BCUT2D eigenvalue weighted by Gasteiger charge is 2.22. The van der Waals surface area contributed by atoms with Crippen LogP contribution in [0.5, 0.6) is 0 Å². The number of benzene rings is 2. The highest BCUT2D eigenvalue weighted by molar-refractivity contribution is 6.31.